The van der Waals surface area contributed by atoms with Crippen molar-refractivity contribution in [3.05, 3.63) is 23.9 Å². The first-order chi connectivity index (χ1) is 8.49. The number of rotatable bonds is 2. The van der Waals surface area contributed by atoms with E-state index in [9.17, 15) is 0 Å². The Morgan fingerprint density at radius 1 is 1.33 bits per heavy atom. The highest BCUT2D eigenvalue weighted by Crippen LogP contribution is 2.19. The van der Waals surface area contributed by atoms with Gasteiger partial charge in [-0.15, -0.1) is 0 Å². The Bertz CT molecular complexity index is 433. The molecule has 1 aliphatic heterocycles. The molecule has 5 heteroatoms. The van der Waals surface area contributed by atoms with Crippen molar-refractivity contribution in [1.82, 2.24) is 9.88 Å². The van der Waals surface area contributed by atoms with Crippen molar-refractivity contribution in [2.75, 3.05) is 25.0 Å². The molecule has 0 radical (unpaired) electrons. The van der Waals surface area contributed by atoms with Crippen LogP contribution in [-0.4, -0.2) is 47.9 Å². The number of nitrogens with zero attached hydrogens (tertiary/aromatic N) is 3. The zero-order chi connectivity index (χ0) is 13.3. The molecular weight excluding hydrogens is 226 g/mol. The number of amidine groups is 1. The molecular formula is C13H21N5. The monoisotopic (exact) mass is 247 g/mol. The normalized spacial score (nSPS) is 25.2. The maximum atomic E-state index is 7.45. The smallest absolute Gasteiger partial charge is 0.141 e. The third-order valence-corrected chi connectivity index (χ3v) is 3.69. The molecule has 2 unspecified atom stereocenters. The van der Waals surface area contributed by atoms with Crippen LogP contribution in [0, 0.1) is 5.41 Å². The summed E-state index contributed by atoms with van der Waals surface area (Å²) < 4.78 is 0. The highest BCUT2D eigenvalue weighted by Gasteiger charge is 2.27. The molecule has 98 valence electrons. The summed E-state index contributed by atoms with van der Waals surface area (Å²) in [5.41, 5.74) is 6.03. The Labute approximate surface area is 108 Å². The number of nitrogen functional groups attached to an aromatic ring is 1. The minimum atomic E-state index is 0.0204. The number of pyridine rings is 1. The number of hydrogen-bond acceptors (Lipinski definition) is 4. The van der Waals surface area contributed by atoms with E-state index < -0.39 is 0 Å². The maximum absolute atomic E-state index is 7.45. The van der Waals surface area contributed by atoms with Gasteiger partial charge in [-0.25, -0.2) is 4.98 Å². The van der Waals surface area contributed by atoms with E-state index in [0.717, 1.165) is 18.9 Å². The first-order valence-corrected chi connectivity index (χ1v) is 6.27. The van der Waals surface area contributed by atoms with Crippen molar-refractivity contribution in [2.24, 2.45) is 5.73 Å². The van der Waals surface area contributed by atoms with Crippen molar-refractivity contribution in [3.8, 4) is 0 Å². The van der Waals surface area contributed by atoms with Crippen molar-refractivity contribution in [1.29, 1.82) is 5.41 Å². The van der Waals surface area contributed by atoms with E-state index in [0.29, 0.717) is 17.8 Å². The highest BCUT2D eigenvalue weighted by molar-refractivity contribution is 5.93. The average molecular weight is 247 g/mol. The van der Waals surface area contributed by atoms with Crippen LogP contribution in [0.1, 0.15) is 19.5 Å². The van der Waals surface area contributed by atoms with Crippen LogP contribution in [0.2, 0.25) is 0 Å². The van der Waals surface area contributed by atoms with E-state index in [4.69, 9.17) is 11.1 Å². The van der Waals surface area contributed by atoms with Gasteiger partial charge in [-0.05, 0) is 33.0 Å². The molecule has 3 N–H and O–H groups in total. The minimum absolute atomic E-state index is 0.0204. The van der Waals surface area contributed by atoms with Crippen LogP contribution in [0.15, 0.2) is 18.2 Å². The Morgan fingerprint density at radius 3 is 2.50 bits per heavy atom. The molecule has 18 heavy (non-hydrogen) atoms. The molecule has 0 spiro atoms. The molecule has 5 nitrogen and oxygen atoms in total. The van der Waals surface area contributed by atoms with Crippen LogP contribution < -0.4 is 10.6 Å². The fourth-order valence-corrected chi connectivity index (χ4v) is 2.34. The van der Waals surface area contributed by atoms with E-state index in [2.05, 4.69) is 35.7 Å². The summed E-state index contributed by atoms with van der Waals surface area (Å²) in [4.78, 5) is 9.09. The second-order valence-electron chi connectivity index (χ2n) is 5.06. The van der Waals surface area contributed by atoms with Crippen molar-refractivity contribution in [2.45, 2.75) is 25.9 Å². The molecule has 2 rings (SSSR count). The Hall–Kier alpha value is -1.62. The highest BCUT2D eigenvalue weighted by atomic mass is 15.3. The van der Waals surface area contributed by atoms with Crippen molar-refractivity contribution in [3.63, 3.8) is 0 Å². The summed E-state index contributed by atoms with van der Waals surface area (Å²) in [5.74, 6) is 0.932. The summed E-state index contributed by atoms with van der Waals surface area (Å²) in [6, 6.07) is 6.66. The second-order valence-corrected chi connectivity index (χ2v) is 5.06. The minimum Gasteiger partial charge on any atom is -0.382 e. The number of nitrogens with two attached hydrogens (primary N) is 1. The van der Waals surface area contributed by atoms with Gasteiger partial charge in [-0.2, -0.15) is 0 Å². The Morgan fingerprint density at radius 2 is 1.94 bits per heavy atom. The predicted molar refractivity (Wildman–Crippen MR) is 74.2 cm³/mol. The number of anilines is 1. The van der Waals surface area contributed by atoms with Gasteiger partial charge in [0.1, 0.15) is 17.3 Å². The fourth-order valence-electron chi connectivity index (χ4n) is 2.34. The van der Waals surface area contributed by atoms with Crippen LogP contribution in [0.4, 0.5) is 5.82 Å². The summed E-state index contributed by atoms with van der Waals surface area (Å²) in [5, 5.41) is 7.45. The molecule has 1 aromatic heterocycles. The largest absolute Gasteiger partial charge is 0.382 e. The number of likely N-dealkylation sites (N-methyl/N-ethyl adjacent to an activating group) is 1. The van der Waals surface area contributed by atoms with Gasteiger partial charge < -0.3 is 10.6 Å². The zero-order valence-electron chi connectivity index (χ0n) is 11.2. The van der Waals surface area contributed by atoms with E-state index in [1.54, 1.807) is 6.07 Å². The lowest BCUT2D eigenvalue weighted by atomic mass is 10.1. The van der Waals surface area contributed by atoms with Gasteiger partial charge >= 0.3 is 0 Å². The van der Waals surface area contributed by atoms with Gasteiger partial charge in [0.15, 0.2) is 0 Å². The molecule has 0 saturated carbocycles. The standard InChI is InChI=1S/C13H21N5/c1-9-7-18(8-10(2)17(9)3)12-6-4-5-11(16-12)13(14)15/h4-6,9-10H,7-8H2,1-3H3,(H3,14,15). The van der Waals surface area contributed by atoms with Crippen LogP contribution in [0.5, 0.6) is 0 Å². The molecule has 1 fully saturated rings. The zero-order valence-corrected chi connectivity index (χ0v) is 11.2. The molecule has 2 heterocycles. The first kappa shape index (κ1) is 12.8. The van der Waals surface area contributed by atoms with E-state index in [1.165, 1.54) is 0 Å². The molecule has 0 bridgehead atoms. The van der Waals surface area contributed by atoms with Gasteiger partial charge in [0.2, 0.25) is 0 Å². The van der Waals surface area contributed by atoms with E-state index in [1.807, 2.05) is 12.1 Å². The van der Waals surface area contributed by atoms with Crippen LogP contribution in [-0.2, 0) is 0 Å². The third-order valence-electron chi connectivity index (χ3n) is 3.69. The fraction of sp³-hybridized carbons (Fsp3) is 0.538. The summed E-state index contributed by atoms with van der Waals surface area (Å²) in [7, 11) is 2.16. The van der Waals surface area contributed by atoms with Crippen LogP contribution in [0.3, 0.4) is 0 Å². The number of piperazine rings is 1. The second kappa shape index (κ2) is 4.94. The van der Waals surface area contributed by atoms with Gasteiger partial charge in [0.25, 0.3) is 0 Å². The Balaban J connectivity index is 2.21. The van der Waals surface area contributed by atoms with E-state index in [-0.39, 0.29) is 5.84 Å². The SMILES string of the molecule is CC1CN(c2cccc(C(=N)N)n2)CC(C)N1C. The summed E-state index contributed by atoms with van der Waals surface area (Å²) in [6.45, 7) is 6.35. The lowest BCUT2D eigenvalue weighted by molar-refractivity contribution is 0.169. The van der Waals surface area contributed by atoms with Crippen molar-refractivity contribution >= 4 is 11.7 Å². The predicted octanol–water partition coefficient (Wildman–Crippen LogP) is 0.894. The topological polar surface area (TPSA) is 69.2 Å². The van der Waals surface area contributed by atoms with Gasteiger partial charge in [0.05, 0.1) is 0 Å². The molecule has 0 aromatic carbocycles. The average Bonchev–Trinajstić information content (AvgIpc) is 2.35. The summed E-state index contributed by atoms with van der Waals surface area (Å²) >= 11 is 0. The van der Waals surface area contributed by atoms with Gasteiger partial charge in [-0.1, -0.05) is 6.07 Å². The lowest BCUT2D eigenvalue weighted by Gasteiger charge is -2.43. The third kappa shape index (κ3) is 2.46. The van der Waals surface area contributed by atoms with Crippen LogP contribution >= 0.6 is 0 Å². The lowest BCUT2D eigenvalue weighted by Crippen LogP contribution is -2.55. The molecule has 1 aromatic rings. The number of nitrogens with one attached hydrogen (secondary N) is 1. The van der Waals surface area contributed by atoms with Crippen LogP contribution in [0.25, 0.3) is 0 Å². The maximum Gasteiger partial charge on any atom is 0.141 e. The summed E-state index contributed by atoms with van der Waals surface area (Å²) in [6.07, 6.45) is 0. The van der Waals surface area contributed by atoms with Gasteiger partial charge in [0, 0.05) is 25.2 Å². The number of aromatic nitrogens is 1. The molecule has 0 aliphatic carbocycles. The van der Waals surface area contributed by atoms with Crippen molar-refractivity contribution < 1.29 is 0 Å². The number of hydrogen-bond donors (Lipinski definition) is 2. The quantitative estimate of drug-likeness (QED) is 0.601. The first-order valence-electron chi connectivity index (χ1n) is 6.27. The Kier molecular flexibility index (Phi) is 3.52. The molecule has 1 aliphatic rings. The molecule has 2 atom stereocenters. The van der Waals surface area contributed by atoms with Gasteiger partial charge in [-0.3, -0.25) is 10.3 Å². The van der Waals surface area contributed by atoms with E-state index >= 15 is 0 Å². The molecule has 1 saturated heterocycles. The molecule has 0 amide bonds.